The second kappa shape index (κ2) is 12.5. The van der Waals surface area contributed by atoms with Crippen molar-refractivity contribution in [3.8, 4) is 22.6 Å². The average Bonchev–Trinajstić information content (AvgIpc) is 3.71. The topological polar surface area (TPSA) is 44.8 Å². The molecule has 2 aliphatic rings. The number of rotatable bonds is 12. The molecule has 4 nitrogen and oxygen atoms in total. The molecule has 0 amide bonds. The van der Waals surface area contributed by atoms with E-state index >= 15 is 4.39 Å². The molecule has 0 spiro atoms. The Bertz CT molecular complexity index is 1420. The van der Waals surface area contributed by atoms with Crippen molar-refractivity contribution in [2.45, 2.75) is 71.8 Å². The molecule has 1 atom stereocenters. The number of carbonyl (C=O) groups excluding carboxylic acids is 1. The van der Waals surface area contributed by atoms with E-state index in [9.17, 15) is 4.79 Å². The molecule has 1 saturated carbocycles. The third kappa shape index (κ3) is 7.01. The number of methoxy groups -OCH3 is 1. The Kier molecular flexibility index (Phi) is 8.82. The highest BCUT2D eigenvalue weighted by Gasteiger charge is 2.31. The van der Waals surface area contributed by atoms with Crippen LogP contribution in [0.25, 0.3) is 16.7 Å². The molecule has 0 N–H and O–H groups in total. The van der Waals surface area contributed by atoms with Crippen molar-refractivity contribution in [3.05, 3.63) is 89.2 Å². The van der Waals surface area contributed by atoms with Crippen LogP contribution in [0.15, 0.2) is 66.7 Å². The van der Waals surface area contributed by atoms with Crippen LogP contribution in [0.1, 0.15) is 81.9 Å². The summed E-state index contributed by atoms with van der Waals surface area (Å²) in [6.45, 7) is 7.13. The van der Waals surface area contributed by atoms with Crippen LogP contribution in [-0.2, 0) is 16.1 Å². The molecule has 0 aromatic heterocycles. The summed E-state index contributed by atoms with van der Waals surface area (Å²) in [7, 11) is 1.60. The zero-order valence-electron chi connectivity index (χ0n) is 24.7. The van der Waals surface area contributed by atoms with E-state index in [4.69, 9.17) is 14.2 Å². The summed E-state index contributed by atoms with van der Waals surface area (Å²) in [5.74, 6) is 1.81. The second-order valence-corrected chi connectivity index (χ2v) is 12.0. The Morgan fingerprint density at radius 2 is 1.83 bits per heavy atom. The van der Waals surface area contributed by atoms with Crippen molar-refractivity contribution in [1.82, 2.24) is 0 Å². The molecule has 0 unspecified atom stereocenters. The molecule has 0 radical (unpaired) electrons. The molecule has 0 saturated heterocycles. The lowest BCUT2D eigenvalue weighted by molar-refractivity contribution is -0.143. The first kappa shape index (κ1) is 28.9. The molecule has 3 aromatic rings. The number of ether oxygens (including phenoxy) is 3. The third-order valence-electron chi connectivity index (χ3n) is 8.45. The van der Waals surface area contributed by atoms with Crippen LogP contribution < -0.4 is 9.47 Å². The van der Waals surface area contributed by atoms with Gasteiger partial charge in [-0.05, 0) is 108 Å². The summed E-state index contributed by atoms with van der Waals surface area (Å²) >= 11 is 0. The van der Waals surface area contributed by atoms with Gasteiger partial charge in [-0.15, -0.1) is 0 Å². The SMILES string of the molecule is CCOC(=O)C[C@@H](CC1CC1)c1cccc(OCc2ccc(-c3cc(OC)ccc3F)c(C3=CCCC3(C)C)c2)c1. The summed E-state index contributed by atoms with van der Waals surface area (Å²) in [6.07, 6.45) is 8.21. The smallest absolute Gasteiger partial charge is 0.306 e. The van der Waals surface area contributed by atoms with Crippen LogP contribution in [0.4, 0.5) is 4.39 Å². The predicted octanol–water partition coefficient (Wildman–Crippen LogP) is 9.12. The average molecular weight is 557 g/mol. The number of carbonyl (C=O) groups is 1. The Labute approximate surface area is 243 Å². The van der Waals surface area contributed by atoms with Crippen molar-refractivity contribution in [1.29, 1.82) is 0 Å². The van der Waals surface area contributed by atoms with Gasteiger partial charge in [-0.2, -0.15) is 0 Å². The van der Waals surface area contributed by atoms with Gasteiger partial charge in [0.05, 0.1) is 20.1 Å². The summed E-state index contributed by atoms with van der Waals surface area (Å²) in [5, 5.41) is 0. The zero-order chi connectivity index (χ0) is 29.0. The Morgan fingerprint density at radius 3 is 2.54 bits per heavy atom. The highest BCUT2D eigenvalue weighted by Crippen LogP contribution is 2.47. The number of halogens is 1. The first-order valence-corrected chi connectivity index (χ1v) is 14.8. The van der Waals surface area contributed by atoms with Crippen molar-refractivity contribution < 1.29 is 23.4 Å². The molecule has 3 aromatic carbocycles. The minimum absolute atomic E-state index is 0.00655. The van der Waals surface area contributed by atoms with E-state index in [2.05, 4.69) is 38.1 Å². The zero-order valence-corrected chi connectivity index (χ0v) is 24.7. The van der Waals surface area contributed by atoms with Gasteiger partial charge in [0.25, 0.3) is 0 Å². The van der Waals surface area contributed by atoms with Crippen molar-refractivity contribution in [2.24, 2.45) is 11.3 Å². The van der Waals surface area contributed by atoms with Gasteiger partial charge in [-0.3, -0.25) is 4.79 Å². The van der Waals surface area contributed by atoms with Gasteiger partial charge in [0.1, 0.15) is 23.9 Å². The second-order valence-electron chi connectivity index (χ2n) is 12.0. The van der Waals surface area contributed by atoms with Gasteiger partial charge in [0, 0.05) is 5.56 Å². The molecule has 41 heavy (non-hydrogen) atoms. The molecule has 1 fully saturated rings. The summed E-state index contributed by atoms with van der Waals surface area (Å²) in [5.41, 5.74) is 5.79. The molecule has 5 heteroatoms. The van der Waals surface area contributed by atoms with E-state index < -0.39 is 0 Å². The number of hydrogen-bond acceptors (Lipinski definition) is 4. The van der Waals surface area contributed by atoms with Gasteiger partial charge in [0.15, 0.2) is 0 Å². The minimum Gasteiger partial charge on any atom is -0.497 e. The maximum atomic E-state index is 15.1. The molecule has 0 heterocycles. The molecule has 5 rings (SSSR count). The molecule has 216 valence electrons. The van der Waals surface area contributed by atoms with Gasteiger partial charge < -0.3 is 14.2 Å². The number of hydrogen-bond donors (Lipinski definition) is 0. The van der Waals surface area contributed by atoms with E-state index in [1.807, 2.05) is 31.2 Å². The fourth-order valence-electron chi connectivity index (χ4n) is 5.98. The number of allylic oxidation sites excluding steroid dienone is 2. The van der Waals surface area contributed by atoms with E-state index in [1.54, 1.807) is 19.2 Å². The van der Waals surface area contributed by atoms with Crippen molar-refractivity contribution >= 4 is 11.5 Å². The summed E-state index contributed by atoms with van der Waals surface area (Å²) in [4.78, 5) is 12.3. The lowest BCUT2D eigenvalue weighted by atomic mass is 9.79. The van der Waals surface area contributed by atoms with Gasteiger partial charge in [0.2, 0.25) is 0 Å². The molecule has 0 aliphatic heterocycles. The monoisotopic (exact) mass is 556 g/mol. The van der Waals surface area contributed by atoms with E-state index in [-0.39, 0.29) is 23.1 Å². The lowest BCUT2D eigenvalue weighted by Crippen LogP contribution is -2.11. The van der Waals surface area contributed by atoms with E-state index in [0.717, 1.165) is 47.3 Å². The van der Waals surface area contributed by atoms with Crippen LogP contribution in [0.5, 0.6) is 11.5 Å². The molecular formula is C36H41FO4. The van der Waals surface area contributed by atoms with E-state index in [0.29, 0.717) is 36.9 Å². The maximum Gasteiger partial charge on any atom is 0.306 e. The summed E-state index contributed by atoms with van der Waals surface area (Å²) < 4.78 is 32.1. The fraction of sp³-hybridized carbons (Fsp3) is 0.417. The van der Waals surface area contributed by atoms with Crippen LogP contribution in [0.3, 0.4) is 0 Å². The Hall–Kier alpha value is -3.60. The van der Waals surface area contributed by atoms with E-state index in [1.165, 1.54) is 24.5 Å². The summed E-state index contributed by atoms with van der Waals surface area (Å²) in [6, 6.07) is 19.2. The predicted molar refractivity (Wildman–Crippen MR) is 161 cm³/mol. The van der Waals surface area contributed by atoms with Crippen molar-refractivity contribution in [2.75, 3.05) is 13.7 Å². The Balaban J connectivity index is 1.40. The normalized spacial score (nSPS) is 16.7. The fourth-order valence-corrected chi connectivity index (χ4v) is 5.98. The largest absolute Gasteiger partial charge is 0.497 e. The van der Waals surface area contributed by atoms with Crippen LogP contribution in [0.2, 0.25) is 0 Å². The standard InChI is InChI=1S/C36H41FO4/c1-5-40-35(38)21-27(18-24-11-12-24)26-8-6-9-29(20-26)41-23-25-13-15-30(32-22-28(39-4)14-16-34(32)37)31(19-25)33-10-7-17-36(33,2)3/h6,8-10,13-16,19-20,22,24,27H,5,7,11-12,17-18,21,23H2,1-4H3/t27-/m1/s1. The van der Waals surface area contributed by atoms with Gasteiger partial charge in [-0.25, -0.2) is 4.39 Å². The molecule has 2 aliphatic carbocycles. The highest BCUT2D eigenvalue weighted by molar-refractivity contribution is 5.85. The first-order chi connectivity index (χ1) is 19.8. The van der Waals surface area contributed by atoms with Crippen LogP contribution in [-0.4, -0.2) is 19.7 Å². The van der Waals surface area contributed by atoms with Gasteiger partial charge in [-0.1, -0.05) is 57.0 Å². The highest BCUT2D eigenvalue weighted by atomic mass is 19.1. The van der Waals surface area contributed by atoms with Crippen LogP contribution in [0, 0.1) is 17.2 Å². The quantitative estimate of drug-likeness (QED) is 0.209. The minimum atomic E-state index is -0.271. The molecule has 0 bridgehead atoms. The maximum absolute atomic E-state index is 15.1. The van der Waals surface area contributed by atoms with Gasteiger partial charge >= 0.3 is 5.97 Å². The molecular weight excluding hydrogens is 515 g/mol. The Morgan fingerprint density at radius 1 is 1.00 bits per heavy atom. The first-order valence-electron chi connectivity index (χ1n) is 14.8. The van der Waals surface area contributed by atoms with Crippen LogP contribution >= 0.6 is 0 Å². The third-order valence-corrected chi connectivity index (χ3v) is 8.45. The number of esters is 1. The number of benzene rings is 3. The lowest BCUT2D eigenvalue weighted by Gasteiger charge is -2.25. The van der Waals surface area contributed by atoms with Crippen molar-refractivity contribution in [3.63, 3.8) is 0 Å².